The molecule has 0 spiro atoms. The first-order chi connectivity index (χ1) is 12.8. The fourth-order valence-corrected chi connectivity index (χ4v) is 6.00. The molecule has 5 rings (SSSR count). The maximum Gasteiger partial charge on any atom is 0.311 e. The second-order valence-corrected chi connectivity index (χ2v) is 9.41. The molecule has 1 N–H and O–H groups in total. The molecule has 27 heavy (non-hydrogen) atoms. The third kappa shape index (κ3) is 3.90. The molecule has 4 nitrogen and oxygen atoms in total. The summed E-state index contributed by atoms with van der Waals surface area (Å²) < 4.78 is 5.45. The molecule has 4 fully saturated rings. The van der Waals surface area contributed by atoms with Crippen molar-refractivity contribution in [2.75, 3.05) is 0 Å². The van der Waals surface area contributed by atoms with Gasteiger partial charge < -0.3 is 10.1 Å². The van der Waals surface area contributed by atoms with Crippen LogP contribution >= 0.6 is 0 Å². The zero-order chi connectivity index (χ0) is 19.2. The van der Waals surface area contributed by atoms with Gasteiger partial charge in [-0.3, -0.25) is 9.59 Å². The summed E-state index contributed by atoms with van der Waals surface area (Å²) in [5, 5.41) is 3.29. The summed E-state index contributed by atoms with van der Waals surface area (Å²) in [5.74, 6) is 1.86. The third-order valence-electron chi connectivity index (χ3n) is 7.02. The number of carbonyl (C=O) groups is 2. The normalized spacial score (nSPS) is 32.2. The van der Waals surface area contributed by atoms with E-state index in [9.17, 15) is 9.59 Å². The average molecular weight is 370 g/mol. The zero-order valence-corrected chi connectivity index (χ0v) is 16.7. The molecule has 0 unspecified atom stereocenters. The molecule has 0 aliphatic heterocycles. The highest BCUT2D eigenvalue weighted by Gasteiger charge is 2.51. The van der Waals surface area contributed by atoms with Gasteiger partial charge in [0.2, 0.25) is 0 Å². The van der Waals surface area contributed by atoms with Crippen LogP contribution in [-0.2, 0) is 20.7 Å². The molecule has 1 aromatic rings. The van der Waals surface area contributed by atoms with E-state index in [1.54, 1.807) is 6.92 Å². The summed E-state index contributed by atoms with van der Waals surface area (Å²) in [6.45, 7) is 5.77. The van der Waals surface area contributed by atoms with Gasteiger partial charge in [0, 0.05) is 5.54 Å². The van der Waals surface area contributed by atoms with Gasteiger partial charge in [-0.2, -0.15) is 0 Å². The molecular weight excluding hydrogens is 338 g/mol. The summed E-state index contributed by atoms with van der Waals surface area (Å²) in [7, 11) is 0. The predicted molar refractivity (Wildman–Crippen MR) is 104 cm³/mol. The van der Waals surface area contributed by atoms with Gasteiger partial charge in [0.15, 0.2) is 6.10 Å². The lowest BCUT2D eigenvalue weighted by Gasteiger charge is -2.57. The van der Waals surface area contributed by atoms with Crippen molar-refractivity contribution in [1.82, 2.24) is 5.32 Å². The third-order valence-corrected chi connectivity index (χ3v) is 7.02. The number of amides is 1. The van der Waals surface area contributed by atoms with Crippen LogP contribution in [0.25, 0.3) is 0 Å². The number of nitrogens with one attached hydrogen (secondary N) is 1. The molecule has 4 heteroatoms. The Morgan fingerprint density at radius 2 is 1.67 bits per heavy atom. The highest BCUT2D eigenvalue weighted by Crippen LogP contribution is 2.55. The summed E-state index contributed by atoms with van der Waals surface area (Å²) in [4.78, 5) is 25.0. The standard InChI is InChI=1S/C23H31NO3/c1-14-4-5-17(6-15(14)2)10-21(25)27-16(3)22(26)24-23-11-18-7-19(12-23)9-20(8-18)13-23/h4-6,16,18-20H,7-13H2,1-3H3,(H,24,26)/t16-,18?,19?,20?,23?/m1/s1. The summed E-state index contributed by atoms with van der Waals surface area (Å²) in [6, 6.07) is 5.97. The minimum atomic E-state index is -0.739. The number of ether oxygens (including phenoxy) is 1. The van der Waals surface area contributed by atoms with Crippen LogP contribution in [0.2, 0.25) is 0 Å². The fourth-order valence-electron chi connectivity index (χ4n) is 6.00. The van der Waals surface area contributed by atoms with E-state index in [1.165, 1.54) is 24.8 Å². The van der Waals surface area contributed by atoms with E-state index in [4.69, 9.17) is 4.74 Å². The first-order valence-corrected chi connectivity index (χ1v) is 10.4. The van der Waals surface area contributed by atoms with E-state index in [2.05, 4.69) is 5.32 Å². The molecule has 0 heterocycles. The Morgan fingerprint density at radius 1 is 1.07 bits per heavy atom. The fraction of sp³-hybridized carbons (Fsp3) is 0.652. The highest BCUT2D eigenvalue weighted by atomic mass is 16.5. The Hall–Kier alpha value is -1.84. The van der Waals surface area contributed by atoms with Gasteiger partial charge in [0.25, 0.3) is 5.91 Å². The van der Waals surface area contributed by atoms with Crippen LogP contribution < -0.4 is 5.32 Å². The maximum absolute atomic E-state index is 12.7. The van der Waals surface area contributed by atoms with E-state index < -0.39 is 6.10 Å². The summed E-state index contributed by atoms with van der Waals surface area (Å²) in [6.07, 6.45) is 6.81. The van der Waals surface area contributed by atoms with E-state index in [-0.39, 0.29) is 23.8 Å². The monoisotopic (exact) mass is 369 g/mol. The number of rotatable bonds is 5. The van der Waals surface area contributed by atoms with Crippen LogP contribution in [0, 0.1) is 31.6 Å². The average Bonchev–Trinajstić information content (AvgIpc) is 2.56. The lowest BCUT2D eigenvalue weighted by molar-refractivity contribution is -0.156. The van der Waals surface area contributed by atoms with Crippen molar-refractivity contribution in [3.63, 3.8) is 0 Å². The number of hydrogen-bond acceptors (Lipinski definition) is 3. The zero-order valence-electron chi connectivity index (χ0n) is 16.7. The van der Waals surface area contributed by atoms with Gasteiger partial charge in [-0.05, 0) is 93.7 Å². The number of hydrogen-bond donors (Lipinski definition) is 1. The van der Waals surface area contributed by atoms with Gasteiger partial charge in [-0.1, -0.05) is 18.2 Å². The van der Waals surface area contributed by atoms with Crippen molar-refractivity contribution in [3.05, 3.63) is 34.9 Å². The molecule has 1 amide bonds. The van der Waals surface area contributed by atoms with Crippen molar-refractivity contribution in [1.29, 1.82) is 0 Å². The van der Waals surface area contributed by atoms with Crippen LogP contribution in [0.15, 0.2) is 18.2 Å². The van der Waals surface area contributed by atoms with E-state index in [0.717, 1.165) is 48.1 Å². The SMILES string of the molecule is Cc1ccc(CC(=O)O[C@H](C)C(=O)NC23CC4CC(CC(C4)C2)C3)cc1C. The first-order valence-electron chi connectivity index (χ1n) is 10.4. The Kier molecular flexibility index (Phi) is 4.77. The Labute approximate surface area is 162 Å². The maximum atomic E-state index is 12.7. The number of esters is 1. The Balaban J connectivity index is 1.32. The lowest BCUT2D eigenvalue weighted by atomic mass is 9.53. The van der Waals surface area contributed by atoms with Crippen molar-refractivity contribution in [2.45, 2.75) is 77.4 Å². The van der Waals surface area contributed by atoms with E-state index in [0.29, 0.717) is 0 Å². The quantitative estimate of drug-likeness (QED) is 0.802. The van der Waals surface area contributed by atoms with Gasteiger partial charge in [-0.25, -0.2) is 0 Å². The molecule has 1 atom stereocenters. The molecule has 0 saturated heterocycles. The Morgan fingerprint density at radius 3 is 2.22 bits per heavy atom. The van der Waals surface area contributed by atoms with Crippen molar-refractivity contribution < 1.29 is 14.3 Å². The smallest absolute Gasteiger partial charge is 0.311 e. The minimum Gasteiger partial charge on any atom is -0.452 e. The Bertz CT molecular complexity index is 719. The van der Waals surface area contributed by atoms with Crippen LogP contribution in [0.4, 0.5) is 0 Å². The number of benzene rings is 1. The molecule has 4 aliphatic rings. The van der Waals surface area contributed by atoms with Crippen LogP contribution in [-0.4, -0.2) is 23.5 Å². The molecule has 4 bridgehead atoms. The minimum absolute atomic E-state index is 0.0411. The van der Waals surface area contributed by atoms with Crippen molar-refractivity contribution in [2.24, 2.45) is 17.8 Å². The molecule has 0 aromatic heterocycles. The first kappa shape index (κ1) is 18.5. The predicted octanol–water partition coefficient (Wildman–Crippen LogP) is 3.86. The van der Waals surface area contributed by atoms with Crippen LogP contribution in [0.5, 0.6) is 0 Å². The van der Waals surface area contributed by atoms with Crippen LogP contribution in [0.1, 0.15) is 62.1 Å². The van der Waals surface area contributed by atoms with Crippen molar-refractivity contribution >= 4 is 11.9 Å². The molecule has 0 radical (unpaired) electrons. The molecule has 1 aromatic carbocycles. The van der Waals surface area contributed by atoms with Gasteiger partial charge in [-0.15, -0.1) is 0 Å². The number of aryl methyl sites for hydroxylation is 2. The van der Waals surface area contributed by atoms with E-state index in [1.807, 2.05) is 32.0 Å². The van der Waals surface area contributed by atoms with Gasteiger partial charge in [0.1, 0.15) is 0 Å². The lowest BCUT2D eigenvalue weighted by Crippen LogP contribution is -2.61. The second-order valence-electron chi connectivity index (χ2n) is 9.41. The van der Waals surface area contributed by atoms with Gasteiger partial charge in [0.05, 0.1) is 6.42 Å². The molecule has 4 aliphatic carbocycles. The van der Waals surface area contributed by atoms with Crippen molar-refractivity contribution in [3.8, 4) is 0 Å². The highest BCUT2D eigenvalue weighted by molar-refractivity contribution is 5.84. The van der Waals surface area contributed by atoms with Crippen LogP contribution in [0.3, 0.4) is 0 Å². The second kappa shape index (κ2) is 6.96. The summed E-state index contributed by atoms with van der Waals surface area (Å²) >= 11 is 0. The van der Waals surface area contributed by atoms with E-state index >= 15 is 0 Å². The molecular formula is C23H31NO3. The topological polar surface area (TPSA) is 55.4 Å². The molecule has 146 valence electrons. The largest absolute Gasteiger partial charge is 0.452 e. The van der Waals surface area contributed by atoms with Gasteiger partial charge >= 0.3 is 5.97 Å². The number of carbonyl (C=O) groups excluding carboxylic acids is 2. The summed E-state index contributed by atoms with van der Waals surface area (Å²) in [5.41, 5.74) is 3.25. The molecule has 4 saturated carbocycles.